The molecule has 6 nitrogen and oxygen atoms in total. The van der Waals surface area contributed by atoms with Gasteiger partial charge in [0, 0.05) is 23.6 Å². The van der Waals surface area contributed by atoms with Crippen molar-refractivity contribution in [3.05, 3.63) is 53.7 Å². The number of hydrogen-bond acceptors (Lipinski definition) is 6. The van der Waals surface area contributed by atoms with Crippen LogP contribution in [-0.4, -0.2) is 27.7 Å². The molecule has 0 aliphatic heterocycles. The van der Waals surface area contributed by atoms with Crippen LogP contribution < -0.4 is 10.1 Å². The summed E-state index contributed by atoms with van der Waals surface area (Å²) in [5.74, 6) is -0.173. The number of hydrogen-bond donors (Lipinski definition) is 2. The summed E-state index contributed by atoms with van der Waals surface area (Å²) in [6.45, 7) is 2.95. The summed E-state index contributed by atoms with van der Waals surface area (Å²) in [5, 5.41) is 13.2. The molecule has 0 aliphatic rings. The van der Waals surface area contributed by atoms with Crippen LogP contribution in [0, 0.1) is 0 Å². The lowest BCUT2D eigenvalue weighted by Gasteiger charge is -2.08. The van der Waals surface area contributed by atoms with Gasteiger partial charge >= 0.3 is 5.97 Å². The first-order valence-electron chi connectivity index (χ1n) is 10.3. The van der Waals surface area contributed by atoms with Crippen molar-refractivity contribution < 1.29 is 14.6 Å². The van der Waals surface area contributed by atoms with Gasteiger partial charge in [-0.3, -0.25) is 4.98 Å². The minimum Gasteiger partial charge on any atom is -0.494 e. The van der Waals surface area contributed by atoms with Gasteiger partial charge in [0.05, 0.1) is 12.3 Å². The Balaban J connectivity index is 1.56. The molecule has 0 unspecified atom stereocenters. The number of carboxylic acid groups (broad SMARTS) is 1. The second kappa shape index (κ2) is 11.3. The lowest BCUT2D eigenvalue weighted by atomic mass is 10.1. The third-order valence-corrected chi connectivity index (χ3v) is 5.59. The van der Waals surface area contributed by atoms with Crippen LogP contribution in [0.25, 0.3) is 11.3 Å². The quantitative estimate of drug-likeness (QED) is 0.327. The minimum absolute atomic E-state index is 0.185. The first-order chi connectivity index (χ1) is 14.7. The highest BCUT2D eigenvalue weighted by Gasteiger charge is 2.19. The molecular formula is C23H27N3O3S. The zero-order valence-electron chi connectivity index (χ0n) is 17.1. The van der Waals surface area contributed by atoms with Crippen molar-refractivity contribution in [1.82, 2.24) is 9.97 Å². The zero-order valence-corrected chi connectivity index (χ0v) is 18.0. The van der Waals surface area contributed by atoms with Crippen molar-refractivity contribution in [2.24, 2.45) is 0 Å². The van der Waals surface area contributed by atoms with Gasteiger partial charge in [0.1, 0.15) is 10.6 Å². The van der Waals surface area contributed by atoms with Crippen molar-refractivity contribution in [3.63, 3.8) is 0 Å². The number of anilines is 2. The van der Waals surface area contributed by atoms with Gasteiger partial charge in [-0.25, -0.2) is 9.78 Å². The Morgan fingerprint density at radius 1 is 1.10 bits per heavy atom. The predicted molar refractivity (Wildman–Crippen MR) is 121 cm³/mol. The zero-order chi connectivity index (χ0) is 21.2. The first kappa shape index (κ1) is 21.8. The molecule has 2 heterocycles. The molecule has 0 saturated carbocycles. The summed E-state index contributed by atoms with van der Waals surface area (Å²) in [6, 6.07) is 11.2. The number of benzene rings is 1. The standard InChI is InChI=1S/C23H27N3O3S/c1-2-3-4-5-6-7-15-29-19-12-10-18(11-13-19)25-23-26-20(21(30-23)22(27)28)17-9-8-14-24-16-17/h8-14,16H,2-7,15H2,1H3,(H,25,26)(H,27,28). The molecule has 0 radical (unpaired) electrons. The highest BCUT2D eigenvalue weighted by Crippen LogP contribution is 2.32. The molecule has 158 valence electrons. The molecule has 0 saturated heterocycles. The van der Waals surface area contributed by atoms with Gasteiger partial charge in [0.15, 0.2) is 5.13 Å². The molecule has 7 heteroatoms. The Morgan fingerprint density at radius 3 is 2.57 bits per heavy atom. The monoisotopic (exact) mass is 425 g/mol. The topological polar surface area (TPSA) is 84.3 Å². The van der Waals surface area contributed by atoms with E-state index in [0.29, 0.717) is 16.4 Å². The Kier molecular flexibility index (Phi) is 8.20. The van der Waals surface area contributed by atoms with E-state index in [0.717, 1.165) is 35.8 Å². The molecule has 30 heavy (non-hydrogen) atoms. The number of pyridine rings is 1. The minimum atomic E-state index is -1.00. The van der Waals surface area contributed by atoms with E-state index in [1.165, 1.54) is 32.1 Å². The summed E-state index contributed by atoms with van der Waals surface area (Å²) < 4.78 is 5.80. The largest absolute Gasteiger partial charge is 0.494 e. The maximum absolute atomic E-state index is 11.6. The van der Waals surface area contributed by atoms with Gasteiger partial charge in [-0.2, -0.15) is 0 Å². The molecule has 0 fully saturated rings. The molecule has 0 aliphatic carbocycles. The van der Waals surface area contributed by atoms with E-state index in [2.05, 4.69) is 22.2 Å². The van der Waals surface area contributed by atoms with Crippen LogP contribution in [0.15, 0.2) is 48.8 Å². The van der Waals surface area contributed by atoms with Gasteiger partial charge in [-0.15, -0.1) is 0 Å². The predicted octanol–water partition coefficient (Wildman–Crippen LogP) is 6.39. The van der Waals surface area contributed by atoms with Crippen LogP contribution in [0.5, 0.6) is 5.75 Å². The highest BCUT2D eigenvalue weighted by molar-refractivity contribution is 7.18. The molecule has 0 atom stereocenters. The third-order valence-electron chi connectivity index (χ3n) is 4.63. The fourth-order valence-electron chi connectivity index (χ4n) is 3.05. The van der Waals surface area contributed by atoms with E-state index in [-0.39, 0.29) is 4.88 Å². The van der Waals surface area contributed by atoms with Crippen molar-refractivity contribution >= 4 is 28.1 Å². The molecule has 0 spiro atoms. The Hall–Kier alpha value is -2.93. The van der Waals surface area contributed by atoms with Crippen LogP contribution in [0.1, 0.15) is 55.1 Å². The van der Waals surface area contributed by atoms with E-state index < -0.39 is 5.97 Å². The van der Waals surface area contributed by atoms with Crippen molar-refractivity contribution in [2.45, 2.75) is 45.4 Å². The summed E-state index contributed by atoms with van der Waals surface area (Å²) in [6.07, 6.45) is 10.7. The van der Waals surface area contributed by atoms with E-state index in [1.807, 2.05) is 24.3 Å². The van der Waals surface area contributed by atoms with Gasteiger partial charge in [0.2, 0.25) is 0 Å². The number of unbranched alkanes of at least 4 members (excludes halogenated alkanes) is 5. The van der Waals surface area contributed by atoms with Crippen LogP contribution >= 0.6 is 11.3 Å². The molecule has 3 aromatic rings. The summed E-state index contributed by atoms with van der Waals surface area (Å²) >= 11 is 1.11. The summed E-state index contributed by atoms with van der Waals surface area (Å²) in [4.78, 5) is 20.3. The average molecular weight is 426 g/mol. The van der Waals surface area contributed by atoms with Gasteiger partial charge < -0.3 is 15.2 Å². The number of ether oxygens (including phenoxy) is 1. The number of carboxylic acids is 1. The Labute approximate surface area is 181 Å². The molecule has 0 bridgehead atoms. The maximum atomic E-state index is 11.6. The molecule has 0 amide bonds. The lowest BCUT2D eigenvalue weighted by Crippen LogP contribution is -1.97. The smallest absolute Gasteiger partial charge is 0.348 e. The number of rotatable bonds is 12. The van der Waals surface area contributed by atoms with Crippen molar-refractivity contribution in [3.8, 4) is 17.0 Å². The van der Waals surface area contributed by atoms with Gasteiger partial charge in [0.25, 0.3) is 0 Å². The molecule has 1 aromatic carbocycles. The van der Waals surface area contributed by atoms with E-state index in [1.54, 1.807) is 24.5 Å². The van der Waals surface area contributed by atoms with Gasteiger partial charge in [-0.05, 0) is 42.8 Å². The van der Waals surface area contributed by atoms with Crippen LogP contribution in [0.4, 0.5) is 10.8 Å². The SMILES string of the molecule is CCCCCCCCOc1ccc(Nc2nc(-c3cccnc3)c(C(=O)O)s2)cc1. The fraction of sp³-hybridized carbons (Fsp3) is 0.348. The Bertz CT molecular complexity index is 927. The normalized spacial score (nSPS) is 10.7. The summed E-state index contributed by atoms with van der Waals surface area (Å²) in [7, 11) is 0. The van der Waals surface area contributed by atoms with Crippen LogP contribution in [-0.2, 0) is 0 Å². The lowest BCUT2D eigenvalue weighted by molar-refractivity contribution is 0.0702. The second-order valence-corrected chi connectivity index (χ2v) is 8.01. The Morgan fingerprint density at radius 2 is 1.87 bits per heavy atom. The van der Waals surface area contributed by atoms with Gasteiger partial charge in [-0.1, -0.05) is 50.4 Å². The van der Waals surface area contributed by atoms with Crippen LogP contribution in [0.2, 0.25) is 0 Å². The van der Waals surface area contributed by atoms with E-state index in [9.17, 15) is 9.90 Å². The molecule has 2 aromatic heterocycles. The molecular weight excluding hydrogens is 398 g/mol. The third kappa shape index (κ3) is 6.29. The fourth-order valence-corrected chi connectivity index (χ4v) is 3.89. The number of carbonyl (C=O) groups is 1. The van der Waals surface area contributed by atoms with Crippen molar-refractivity contribution in [2.75, 3.05) is 11.9 Å². The molecule has 2 N–H and O–H groups in total. The average Bonchev–Trinajstić information content (AvgIpc) is 3.19. The number of aromatic carboxylic acids is 1. The number of aromatic nitrogens is 2. The second-order valence-electron chi connectivity index (χ2n) is 7.01. The van der Waals surface area contributed by atoms with E-state index in [4.69, 9.17) is 4.74 Å². The number of nitrogens with one attached hydrogen (secondary N) is 1. The summed E-state index contributed by atoms with van der Waals surface area (Å²) in [5.41, 5.74) is 1.92. The molecule has 3 rings (SSSR count). The van der Waals surface area contributed by atoms with Crippen LogP contribution in [0.3, 0.4) is 0 Å². The van der Waals surface area contributed by atoms with Crippen molar-refractivity contribution in [1.29, 1.82) is 0 Å². The first-order valence-corrected chi connectivity index (χ1v) is 11.1. The highest BCUT2D eigenvalue weighted by atomic mass is 32.1. The number of nitrogens with zero attached hydrogens (tertiary/aromatic N) is 2. The number of thiazole rings is 1. The van der Waals surface area contributed by atoms with E-state index >= 15 is 0 Å². The maximum Gasteiger partial charge on any atom is 0.348 e.